The minimum Gasteiger partial charge on any atom is -0.0619 e. The lowest BCUT2D eigenvalue weighted by molar-refractivity contribution is -0.249. The third-order valence-electron chi connectivity index (χ3n) is 9.39. The minimum atomic E-state index is 0.896. The highest BCUT2D eigenvalue weighted by molar-refractivity contribution is 5.46. The molecule has 0 aromatic carbocycles. The van der Waals surface area contributed by atoms with E-state index >= 15 is 0 Å². The van der Waals surface area contributed by atoms with Gasteiger partial charge in [-0.2, -0.15) is 0 Å². The zero-order valence-corrected chi connectivity index (χ0v) is 11.5. The molecule has 12 unspecified atom stereocenters. The summed E-state index contributed by atoms with van der Waals surface area (Å²) in [7, 11) is 0. The molecule has 0 saturated heterocycles. The summed E-state index contributed by atoms with van der Waals surface area (Å²) in [5.74, 6) is 11.5. The molecule has 0 heteroatoms. The van der Waals surface area contributed by atoms with Crippen molar-refractivity contribution >= 4 is 0 Å². The smallest absolute Gasteiger partial charge is 0.0139 e. The molecule has 6 saturated carbocycles. The molecule has 6 rings (SSSR count). The zero-order chi connectivity index (χ0) is 11.5. The van der Waals surface area contributed by atoms with Crippen molar-refractivity contribution in [3.05, 3.63) is 0 Å². The standard InChI is InChI=1S/C17H24/c1-6-10-5-16(12(6)10)14-8(3)15(14)17(16)9(4)11-7(2)13(11)17/h6-15H,5H2,1-4H3. The molecule has 0 amide bonds. The molecule has 6 aliphatic carbocycles. The van der Waals surface area contributed by atoms with Gasteiger partial charge in [0.25, 0.3) is 0 Å². The molecule has 0 nitrogen and oxygen atoms in total. The largest absolute Gasteiger partial charge is 0.0619 e. The van der Waals surface area contributed by atoms with Crippen LogP contribution in [0, 0.1) is 70.0 Å². The Bertz CT molecular complexity index is 445. The maximum Gasteiger partial charge on any atom is -0.0139 e. The van der Waals surface area contributed by atoms with E-state index in [2.05, 4.69) is 27.7 Å². The molecule has 0 N–H and O–H groups in total. The summed E-state index contributed by atoms with van der Waals surface area (Å²) in [4.78, 5) is 0. The zero-order valence-electron chi connectivity index (χ0n) is 11.5. The summed E-state index contributed by atoms with van der Waals surface area (Å²) in [5.41, 5.74) is 1.81. The van der Waals surface area contributed by atoms with Gasteiger partial charge in [-0.3, -0.25) is 0 Å². The SMILES string of the molecule is CC1C2CC3(C12)C1C(C)C1C31C(C)C2C(C)C21. The normalized spacial score (nSPS) is 88.2. The maximum atomic E-state index is 2.63. The van der Waals surface area contributed by atoms with Crippen LogP contribution >= 0.6 is 0 Å². The van der Waals surface area contributed by atoms with Crippen molar-refractivity contribution < 1.29 is 0 Å². The van der Waals surface area contributed by atoms with Gasteiger partial charge >= 0.3 is 0 Å². The quantitative estimate of drug-likeness (QED) is 0.593. The molecular formula is C17H24. The maximum absolute atomic E-state index is 2.63. The van der Waals surface area contributed by atoms with E-state index in [9.17, 15) is 0 Å². The van der Waals surface area contributed by atoms with Crippen molar-refractivity contribution in [1.29, 1.82) is 0 Å². The van der Waals surface area contributed by atoms with Gasteiger partial charge in [-0.25, -0.2) is 0 Å². The van der Waals surface area contributed by atoms with Gasteiger partial charge in [0.15, 0.2) is 0 Å². The molecule has 6 aliphatic rings. The van der Waals surface area contributed by atoms with Gasteiger partial charge in [0.2, 0.25) is 0 Å². The molecular weight excluding hydrogens is 204 g/mol. The van der Waals surface area contributed by atoms with Crippen molar-refractivity contribution in [2.75, 3.05) is 0 Å². The summed E-state index contributed by atoms with van der Waals surface area (Å²) in [5, 5.41) is 0. The first-order valence-corrected chi connectivity index (χ1v) is 8.10. The molecule has 0 aliphatic heterocycles. The third-order valence-corrected chi connectivity index (χ3v) is 9.39. The fourth-order valence-corrected chi connectivity index (χ4v) is 9.16. The third kappa shape index (κ3) is 0.515. The molecule has 0 heterocycles. The van der Waals surface area contributed by atoms with Crippen molar-refractivity contribution in [3.63, 3.8) is 0 Å². The lowest BCUT2D eigenvalue weighted by Crippen LogP contribution is -2.68. The molecule has 2 spiro atoms. The van der Waals surface area contributed by atoms with Crippen LogP contribution in [-0.2, 0) is 0 Å². The average Bonchev–Trinajstić information content (AvgIpc) is 3.07. The molecule has 0 aromatic heterocycles. The van der Waals surface area contributed by atoms with Crippen molar-refractivity contribution in [1.82, 2.24) is 0 Å². The predicted molar refractivity (Wildman–Crippen MR) is 67.1 cm³/mol. The van der Waals surface area contributed by atoms with Gasteiger partial charge in [-0.15, -0.1) is 0 Å². The summed E-state index contributed by atoms with van der Waals surface area (Å²) in [6, 6.07) is 0. The second-order valence-corrected chi connectivity index (χ2v) is 8.89. The average molecular weight is 228 g/mol. The highest BCUT2D eigenvalue weighted by Gasteiger charge is 2.99. The summed E-state index contributed by atoms with van der Waals surface area (Å²) in [6.07, 6.45) is 1.66. The first kappa shape index (κ1) is 8.99. The van der Waals surface area contributed by atoms with Crippen molar-refractivity contribution in [2.24, 2.45) is 70.0 Å². The Morgan fingerprint density at radius 2 is 1.53 bits per heavy atom. The van der Waals surface area contributed by atoms with Crippen LogP contribution < -0.4 is 0 Å². The van der Waals surface area contributed by atoms with E-state index in [1.165, 1.54) is 29.6 Å². The molecule has 92 valence electrons. The van der Waals surface area contributed by atoms with E-state index in [1.54, 1.807) is 6.42 Å². The number of fused-ring (bicyclic) bond motifs is 8. The summed E-state index contributed by atoms with van der Waals surface area (Å²) in [6.45, 7) is 10.3. The van der Waals surface area contributed by atoms with E-state index in [4.69, 9.17) is 0 Å². The molecule has 12 atom stereocenters. The first-order chi connectivity index (χ1) is 8.10. The minimum absolute atomic E-state index is 0.896. The van der Waals surface area contributed by atoms with Crippen LogP contribution in [-0.4, -0.2) is 0 Å². The van der Waals surface area contributed by atoms with Gasteiger partial charge in [0.05, 0.1) is 0 Å². The lowest BCUT2D eigenvalue weighted by atomic mass is 9.32. The summed E-state index contributed by atoms with van der Waals surface area (Å²) < 4.78 is 0. The molecule has 0 radical (unpaired) electrons. The van der Waals surface area contributed by atoms with Gasteiger partial charge in [-0.05, 0) is 76.4 Å². The molecule has 0 aromatic rings. The monoisotopic (exact) mass is 228 g/mol. The van der Waals surface area contributed by atoms with Gasteiger partial charge in [0.1, 0.15) is 0 Å². The van der Waals surface area contributed by atoms with E-state index < -0.39 is 0 Å². The van der Waals surface area contributed by atoms with E-state index in [0.29, 0.717) is 0 Å². The number of hydrogen-bond acceptors (Lipinski definition) is 0. The highest BCUT2D eigenvalue weighted by atomic mass is 15.0. The Kier molecular flexibility index (Phi) is 1.03. The van der Waals surface area contributed by atoms with Gasteiger partial charge in [-0.1, -0.05) is 27.7 Å². The lowest BCUT2D eigenvalue weighted by Gasteiger charge is -2.71. The van der Waals surface area contributed by atoms with E-state index in [1.807, 2.05) is 0 Å². The Balaban J connectivity index is 1.51. The van der Waals surface area contributed by atoms with E-state index in [0.717, 1.165) is 40.4 Å². The fourth-order valence-electron chi connectivity index (χ4n) is 9.16. The van der Waals surface area contributed by atoms with Crippen molar-refractivity contribution in [3.8, 4) is 0 Å². The second-order valence-electron chi connectivity index (χ2n) is 8.89. The van der Waals surface area contributed by atoms with Crippen molar-refractivity contribution in [2.45, 2.75) is 34.1 Å². The predicted octanol–water partition coefficient (Wildman–Crippen LogP) is 3.67. The van der Waals surface area contributed by atoms with Crippen LogP contribution in [0.4, 0.5) is 0 Å². The second kappa shape index (κ2) is 1.95. The van der Waals surface area contributed by atoms with Gasteiger partial charge < -0.3 is 0 Å². The van der Waals surface area contributed by atoms with Crippen LogP contribution in [0.25, 0.3) is 0 Å². The number of rotatable bonds is 0. The Morgan fingerprint density at radius 1 is 0.765 bits per heavy atom. The molecule has 0 bridgehead atoms. The fraction of sp³-hybridized carbons (Fsp3) is 1.00. The van der Waals surface area contributed by atoms with Crippen LogP contribution in [0.15, 0.2) is 0 Å². The Hall–Kier alpha value is 0. The molecule has 17 heavy (non-hydrogen) atoms. The molecule has 6 fully saturated rings. The Morgan fingerprint density at radius 3 is 2.00 bits per heavy atom. The van der Waals surface area contributed by atoms with Crippen LogP contribution in [0.3, 0.4) is 0 Å². The van der Waals surface area contributed by atoms with E-state index in [-0.39, 0.29) is 0 Å². The number of hydrogen-bond donors (Lipinski definition) is 0. The van der Waals surface area contributed by atoms with Crippen LogP contribution in [0.2, 0.25) is 0 Å². The van der Waals surface area contributed by atoms with Gasteiger partial charge in [0, 0.05) is 0 Å². The first-order valence-electron chi connectivity index (χ1n) is 8.10. The summed E-state index contributed by atoms with van der Waals surface area (Å²) >= 11 is 0. The Labute approximate surface area is 105 Å². The van der Waals surface area contributed by atoms with Crippen LogP contribution in [0.1, 0.15) is 34.1 Å². The highest BCUT2D eigenvalue weighted by Crippen LogP contribution is 3.03. The topological polar surface area (TPSA) is 0 Å². The van der Waals surface area contributed by atoms with Crippen LogP contribution in [0.5, 0.6) is 0 Å².